The molecule has 1 aromatic rings. The van der Waals surface area contributed by atoms with Crippen molar-refractivity contribution in [2.45, 2.75) is 61.0 Å². The molecule has 1 aliphatic carbocycles. The van der Waals surface area contributed by atoms with Crippen molar-refractivity contribution >= 4 is 15.7 Å². The van der Waals surface area contributed by atoms with Gasteiger partial charge < -0.3 is 15.2 Å². The average Bonchev–Trinajstić information content (AvgIpc) is 2.69. The molecule has 0 unspecified atom stereocenters. The maximum absolute atomic E-state index is 13.1. The van der Waals surface area contributed by atoms with Gasteiger partial charge in [0.05, 0.1) is 11.5 Å². The Morgan fingerprint density at radius 1 is 1.11 bits per heavy atom. The molecule has 0 aromatic heterocycles. The topological polar surface area (TPSA) is 95.7 Å². The Kier molecular flexibility index (Phi) is 6.42. The molecule has 150 valence electrons. The van der Waals surface area contributed by atoms with Crippen LogP contribution in [0.1, 0.15) is 51.4 Å². The summed E-state index contributed by atoms with van der Waals surface area (Å²) in [6.45, 7) is 1.06. The van der Waals surface area contributed by atoms with Gasteiger partial charge in [0.25, 0.3) is 0 Å². The number of benzene rings is 1. The van der Waals surface area contributed by atoms with Gasteiger partial charge >= 0.3 is 0 Å². The van der Waals surface area contributed by atoms with Crippen LogP contribution in [-0.4, -0.2) is 38.9 Å². The number of primary amides is 1. The van der Waals surface area contributed by atoms with E-state index in [4.69, 9.17) is 15.2 Å². The first-order valence-corrected chi connectivity index (χ1v) is 11.3. The Hall–Kier alpha value is -1.60. The highest BCUT2D eigenvalue weighted by Gasteiger charge is 2.51. The standard InChI is InChI=1S/C20H29NO5S/c21-19(22)20(11-14-25-15-12-20)27(23,24)18-8-6-17(7-9-18)26-13-10-16-4-2-1-3-5-16/h6-9,16H,1-5,10-15H2,(H2,21,22). The van der Waals surface area contributed by atoms with Crippen molar-refractivity contribution in [3.63, 3.8) is 0 Å². The van der Waals surface area contributed by atoms with E-state index in [1.807, 2.05) is 0 Å². The van der Waals surface area contributed by atoms with E-state index in [1.165, 1.54) is 44.2 Å². The molecule has 1 saturated heterocycles. The summed E-state index contributed by atoms with van der Waals surface area (Å²) in [5.41, 5.74) is 5.49. The molecular formula is C20H29NO5S. The van der Waals surface area contributed by atoms with Gasteiger partial charge in [0.2, 0.25) is 5.91 Å². The number of hydrogen-bond acceptors (Lipinski definition) is 5. The fraction of sp³-hybridized carbons (Fsp3) is 0.650. The molecule has 1 saturated carbocycles. The molecule has 2 N–H and O–H groups in total. The highest BCUT2D eigenvalue weighted by molar-refractivity contribution is 7.93. The summed E-state index contributed by atoms with van der Waals surface area (Å²) >= 11 is 0. The molecule has 1 amide bonds. The van der Waals surface area contributed by atoms with E-state index in [0.717, 1.165) is 12.3 Å². The lowest BCUT2D eigenvalue weighted by Crippen LogP contribution is -2.53. The van der Waals surface area contributed by atoms with E-state index in [-0.39, 0.29) is 31.0 Å². The zero-order chi connectivity index (χ0) is 19.3. The van der Waals surface area contributed by atoms with Crippen LogP contribution in [0.3, 0.4) is 0 Å². The van der Waals surface area contributed by atoms with Gasteiger partial charge in [0, 0.05) is 13.2 Å². The van der Waals surface area contributed by atoms with Crippen molar-refractivity contribution in [2.75, 3.05) is 19.8 Å². The second kappa shape index (κ2) is 8.61. The minimum atomic E-state index is -3.89. The van der Waals surface area contributed by atoms with Crippen LogP contribution in [0.4, 0.5) is 0 Å². The number of sulfone groups is 1. The molecule has 1 heterocycles. The van der Waals surface area contributed by atoms with E-state index < -0.39 is 20.5 Å². The third-order valence-electron chi connectivity index (χ3n) is 5.92. The minimum absolute atomic E-state index is 0.0876. The van der Waals surface area contributed by atoms with Crippen LogP contribution in [0.15, 0.2) is 29.2 Å². The summed E-state index contributed by atoms with van der Waals surface area (Å²) in [6.07, 6.45) is 7.72. The van der Waals surface area contributed by atoms with Gasteiger partial charge in [-0.05, 0) is 49.4 Å². The number of carbonyl (C=O) groups excluding carboxylic acids is 1. The first-order valence-electron chi connectivity index (χ1n) is 9.81. The van der Waals surface area contributed by atoms with Gasteiger partial charge in [-0.1, -0.05) is 32.1 Å². The molecule has 0 bridgehead atoms. The summed E-state index contributed by atoms with van der Waals surface area (Å²) in [5.74, 6) is 0.575. The molecule has 2 aliphatic rings. The largest absolute Gasteiger partial charge is 0.494 e. The monoisotopic (exact) mass is 395 g/mol. The van der Waals surface area contributed by atoms with Gasteiger partial charge in [0.15, 0.2) is 14.6 Å². The van der Waals surface area contributed by atoms with Crippen LogP contribution in [0, 0.1) is 5.92 Å². The predicted molar refractivity (Wildman–Crippen MR) is 102 cm³/mol. The zero-order valence-corrected chi connectivity index (χ0v) is 16.5. The lowest BCUT2D eigenvalue weighted by atomic mass is 9.87. The maximum atomic E-state index is 13.1. The van der Waals surface area contributed by atoms with E-state index >= 15 is 0 Å². The van der Waals surface area contributed by atoms with Gasteiger partial charge in [-0.2, -0.15) is 0 Å². The van der Waals surface area contributed by atoms with Crippen LogP contribution < -0.4 is 10.5 Å². The molecule has 0 atom stereocenters. The Bertz CT molecular complexity index is 732. The molecule has 2 fully saturated rings. The zero-order valence-electron chi connectivity index (χ0n) is 15.7. The summed E-state index contributed by atoms with van der Waals surface area (Å²) in [6, 6.07) is 6.32. The maximum Gasteiger partial charge on any atom is 0.239 e. The first kappa shape index (κ1) is 20.1. The summed E-state index contributed by atoms with van der Waals surface area (Å²) in [5, 5.41) is 0. The van der Waals surface area contributed by atoms with E-state index in [1.54, 1.807) is 12.1 Å². The van der Waals surface area contributed by atoms with Crippen molar-refractivity contribution in [1.82, 2.24) is 0 Å². The number of amides is 1. The van der Waals surface area contributed by atoms with Crippen LogP contribution in [0.25, 0.3) is 0 Å². The van der Waals surface area contributed by atoms with Gasteiger partial charge in [-0.15, -0.1) is 0 Å². The molecule has 1 aliphatic heterocycles. The van der Waals surface area contributed by atoms with Crippen molar-refractivity contribution in [1.29, 1.82) is 0 Å². The van der Waals surface area contributed by atoms with Crippen molar-refractivity contribution in [3.05, 3.63) is 24.3 Å². The molecule has 0 spiro atoms. The molecule has 27 heavy (non-hydrogen) atoms. The van der Waals surface area contributed by atoms with Crippen LogP contribution >= 0.6 is 0 Å². The van der Waals surface area contributed by atoms with Gasteiger partial charge in [0.1, 0.15) is 5.75 Å². The minimum Gasteiger partial charge on any atom is -0.494 e. The van der Waals surface area contributed by atoms with E-state index in [9.17, 15) is 13.2 Å². The second-order valence-corrected chi connectivity index (χ2v) is 9.85. The summed E-state index contributed by atoms with van der Waals surface area (Å²) < 4.78 is 35.6. The van der Waals surface area contributed by atoms with Crippen LogP contribution in [-0.2, 0) is 19.4 Å². The second-order valence-electron chi connectivity index (χ2n) is 7.59. The average molecular weight is 396 g/mol. The third-order valence-corrected chi connectivity index (χ3v) is 8.45. The predicted octanol–water partition coefficient (Wildman–Crippen LogP) is 2.84. The number of carbonyl (C=O) groups is 1. The summed E-state index contributed by atoms with van der Waals surface area (Å²) in [7, 11) is -3.89. The fourth-order valence-electron chi connectivity index (χ4n) is 4.11. The Morgan fingerprint density at radius 3 is 2.33 bits per heavy atom. The smallest absolute Gasteiger partial charge is 0.239 e. The quantitative estimate of drug-likeness (QED) is 0.766. The first-order chi connectivity index (χ1) is 13.0. The highest BCUT2D eigenvalue weighted by Crippen LogP contribution is 2.35. The molecule has 6 nitrogen and oxygen atoms in total. The SMILES string of the molecule is NC(=O)C1(S(=O)(=O)c2ccc(OCCC3CCCCC3)cc2)CCOCC1. The lowest BCUT2D eigenvalue weighted by molar-refractivity contribution is -0.122. The number of ether oxygens (including phenoxy) is 2. The van der Waals surface area contributed by atoms with Gasteiger partial charge in [-0.25, -0.2) is 8.42 Å². The highest BCUT2D eigenvalue weighted by atomic mass is 32.2. The van der Waals surface area contributed by atoms with E-state index in [0.29, 0.717) is 12.4 Å². The van der Waals surface area contributed by atoms with E-state index in [2.05, 4.69) is 0 Å². The molecule has 0 radical (unpaired) electrons. The Balaban J connectivity index is 1.65. The number of nitrogens with two attached hydrogens (primary N) is 1. The summed E-state index contributed by atoms with van der Waals surface area (Å²) in [4.78, 5) is 12.1. The van der Waals surface area contributed by atoms with Crippen molar-refractivity contribution in [3.8, 4) is 5.75 Å². The normalized spacial score (nSPS) is 20.9. The Labute approximate surface area is 161 Å². The molecule has 7 heteroatoms. The van der Waals surface area contributed by atoms with Crippen LogP contribution in [0.2, 0.25) is 0 Å². The molecule has 3 rings (SSSR count). The van der Waals surface area contributed by atoms with Crippen molar-refractivity contribution < 1.29 is 22.7 Å². The third kappa shape index (κ3) is 4.29. The molecular weight excluding hydrogens is 366 g/mol. The number of rotatable bonds is 7. The van der Waals surface area contributed by atoms with Crippen molar-refractivity contribution in [2.24, 2.45) is 11.7 Å². The van der Waals surface area contributed by atoms with Gasteiger partial charge in [-0.3, -0.25) is 4.79 Å². The van der Waals surface area contributed by atoms with Crippen LogP contribution in [0.5, 0.6) is 5.75 Å². The number of hydrogen-bond donors (Lipinski definition) is 1. The Morgan fingerprint density at radius 2 is 1.74 bits per heavy atom. The fourth-order valence-corrected chi connectivity index (χ4v) is 6.02. The molecule has 1 aromatic carbocycles. The lowest BCUT2D eigenvalue weighted by Gasteiger charge is -2.33.